The van der Waals surface area contributed by atoms with Gasteiger partial charge >= 0.3 is 0 Å². The molecule has 1 atom stereocenters. The molecule has 1 aliphatic carbocycles. The third-order valence-electron chi connectivity index (χ3n) is 7.10. The Kier molecular flexibility index (Phi) is 9.11. The molecular weight excluding hydrogens is 541 g/mol. The van der Waals surface area contributed by atoms with E-state index in [1.807, 2.05) is 46.8 Å². The van der Waals surface area contributed by atoms with E-state index >= 15 is 0 Å². The zero-order valence-corrected chi connectivity index (χ0v) is 25.0. The Morgan fingerprint density at radius 1 is 1.05 bits per heavy atom. The summed E-state index contributed by atoms with van der Waals surface area (Å²) >= 11 is 0.828. The Hall–Kier alpha value is -3.79. The molecule has 4 rings (SSSR count). The first kappa shape index (κ1) is 30.2. The monoisotopic (exact) mass is 579 g/mol. The first-order chi connectivity index (χ1) is 19.4. The summed E-state index contributed by atoms with van der Waals surface area (Å²) in [5, 5.41) is 5.97. The standard InChI is InChI=1S/C31H38FN5O3S/c1-18-11-16-23(19(2)17-18)37(26(29(39)35-31(3,4)5)20-12-14-21(32)15-13-20)30(40)27-24(33)25(36-41-27)28(38)34-22-9-7-6-8-10-22/h11-17,22,26H,6-10,33H2,1-5H3,(H,34,38)(H,35,39)/t26-/m0/s1. The highest BCUT2D eigenvalue weighted by Crippen LogP contribution is 2.35. The van der Waals surface area contributed by atoms with Crippen molar-refractivity contribution in [3.05, 3.63) is 75.5 Å². The summed E-state index contributed by atoms with van der Waals surface area (Å²) in [5.74, 6) is -1.91. The van der Waals surface area contributed by atoms with Gasteiger partial charge in [0.25, 0.3) is 11.8 Å². The molecule has 0 spiro atoms. The Morgan fingerprint density at radius 2 is 1.71 bits per heavy atom. The van der Waals surface area contributed by atoms with Crippen molar-refractivity contribution < 1.29 is 18.8 Å². The number of halogens is 1. The summed E-state index contributed by atoms with van der Waals surface area (Å²) in [6.07, 6.45) is 5.03. The van der Waals surface area contributed by atoms with E-state index in [0.717, 1.165) is 54.8 Å². The number of aromatic nitrogens is 1. The Bertz CT molecular complexity index is 1420. The molecule has 218 valence electrons. The van der Waals surface area contributed by atoms with Gasteiger partial charge in [-0.25, -0.2) is 4.39 Å². The van der Waals surface area contributed by atoms with Gasteiger partial charge in [-0.1, -0.05) is 49.1 Å². The van der Waals surface area contributed by atoms with Gasteiger partial charge in [-0.05, 0) is 88.3 Å². The van der Waals surface area contributed by atoms with Crippen LogP contribution in [0.1, 0.15) is 95.8 Å². The fourth-order valence-electron chi connectivity index (χ4n) is 5.17. The van der Waals surface area contributed by atoms with E-state index in [1.54, 1.807) is 6.07 Å². The SMILES string of the molecule is Cc1ccc(N(C(=O)c2snc(C(=O)NC3CCCCC3)c2N)[C@H](C(=O)NC(C)(C)C)c2ccc(F)cc2)c(C)c1. The number of nitrogens with one attached hydrogen (secondary N) is 2. The van der Waals surface area contributed by atoms with Gasteiger partial charge in [-0.2, -0.15) is 4.37 Å². The summed E-state index contributed by atoms with van der Waals surface area (Å²) in [5.41, 5.74) is 8.42. The smallest absolute Gasteiger partial charge is 0.273 e. The van der Waals surface area contributed by atoms with Gasteiger partial charge in [0.1, 0.15) is 16.7 Å². The second-order valence-electron chi connectivity index (χ2n) is 11.7. The number of nitrogens with zero attached hydrogens (tertiary/aromatic N) is 2. The molecule has 4 N–H and O–H groups in total. The van der Waals surface area contributed by atoms with Crippen LogP contribution in [-0.2, 0) is 4.79 Å². The van der Waals surface area contributed by atoms with Crippen molar-refractivity contribution in [1.29, 1.82) is 0 Å². The van der Waals surface area contributed by atoms with Gasteiger partial charge < -0.3 is 16.4 Å². The van der Waals surface area contributed by atoms with E-state index in [0.29, 0.717) is 11.3 Å². The zero-order valence-electron chi connectivity index (χ0n) is 24.2. The predicted molar refractivity (Wildman–Crippen MR) is 161 cm³/mol. The maximum absolute atomic E-state index is 14.4. The van der Waals surface area contributed by atoms with E-state index in [1.165, 1.54) is 29.2 Å². The molecule has 1 saturated carbocycles. The highest BCUT2D eigenvalue weighted by atomic mass is 32.1. The largest absolute Gasteiger partial charge is 0.395 e. The van der Waals surface area contributed by atoms with Crippen LogP contribution in [0.4, 0.5) is 15.8 Å². The molecule has 0 bridgehead atoms. The number of amides is 3. The number of anilines is 2. The molecule has 0 radical (unpaired) electrons. The van der Waals surface area contributed by atoms with Crippen molar-refractivity contribution in [2.75, 3.05) is 10.6 Å². The lowest BCUT2D eigenvalue weighted by atomic mass is 9.95. The summed E-state index contributed by atoms with van der Waals surface area (Å²) in [7, 11) is 0. The maximum atomic E-state index is 14.4. The molecule has 0 unspecified atom stereocenters. The first-order valence-electron chi connectivity index (χ1n) is 13.9. The molecule has 1 fully saturated rings. The molecule has 0 aliphatic heterocycles. The second kappa shape index (κ2) is 12.4. The van der Waals surface area contributed by atoms with Gasteiger partial charge in [0.15, 0.2) is 5.69 Å². The molecular formula is C31H38FN5O3S. The van der Waals surface area contributed by atoms with E-state index < -0.39 is 35.1 Å². The first-order valence-corrected chi connectivity index (χ1v) is 14.7. The fourth-order valence-corrected chi connectivity index (χ4v) is 5.90. The van der Waals surface area contributed by atoms with E-state index in [4.69, 9.17) is 5.73 Å². The van der Waals surface area contributed by atoms with Crippen LogP contribution in [-0.4, -0.2) is 33.7 Å². The Balaban J connectivity index is 1.80. The number of carbonyl (C=O) groups excluding carboxylic acids is 3. The number of hydrogen-bond acceptors (Lipinski definition) is 6. The third-order valence-corrected chi connectivity index (χ3v) is 7.95. The van der Waals surface area contributed by atoms with E-state index in [9.17, 15) is 18.8 Å². The van der Waals surface area contributed by atoms with Crippen molar-refractivity contribution >= 4 is 40.6 Å². The van der Waals surface area contributed by atoms with Gasteiger partial charge in [0, 0.05) is 17.3 Å². The van der Waals surface area contributed by atoms with E-state index in [-0.39, 0.29) is 22.3 Å². The summed E-state index contributed by atoms with van der Waals surface area (Å²) in [6.45, 7) is 9.31. The van der Waals surface area contributed by atoms with Crippen LogP contribution in [0.25, 0.3) is 0 Å². The minimum absolute atomic E-state index is 0.00183. The van der Waals surface area contributed by atoms with Crippen molar-refractivity contribution in [2.45, 2.75) is 84.3 Å². The number of nitrogens with two attached hydrogens (primary N) is 1. The van der Waals surface area contributed by atoms with Crippen molar-refractivity contribution in [1.82, 2.24) is 15.0 Å². The summed E-state index contributed by atoms with van der Waals surface area (Å²) in [6, 6.07) is 9.92. The van der Waals surface area contributed by atoms with Crippen molar-refractivity contribution in [2.24, 2.45) is 0 Å². The van der Waals surface area contributed by atoms with Crippen molar-refractivity contribution in [3.8, 4) is 0 Å². The Labute approximate surface area is 244 Å². The summed E-state index contributed by atoms with van der Waals surface area (Å²) in [4.78, 5) is 42.8. The highest BCUT2D eigenvalue weighted by molar-refractivity contribution is 7.09. The van der Waals surface area contributed by atoms with Crippen LogP contribution < -0.4 is 21.3 Å². The topological polar surface area (TPSA) is 117 Å². The quantitative estimate of drug-likeness (QED) is 0.325. The van der Waals surface area contributed by atoms with Crippen LogP contribution in [0.2, 0.25) is 0 Å². The molecule has 3 aromatic rings. The average molecular weight is 580 g/mol. The molecule has 10 heteroatoms. The fraction of sp³-hybridized carbons (Fsp3) is 0.419. The average Bonchev–Trinajstić information content (AvgIpc) is 3.29. The number of nitrogen functional groups attached to an aromatic ring is 1. The third kappa shape index (κ3) is 7.11. The lowest BCUT2D eigenvalue weighted by Gasteiger charge is -2.34. The number of aryl methyl sites for hydroxylation is 2. The molecule has 2 aromatic carbocycles. The molecule has 1 aromatic heterocycles. The molecule has 8 nitrogen and oxygen atoms in total. The number of hydrogen-bond donors (Lipinski definition) is 3. The molecule has 1 aliphatic rings. The Morgan fingerprint density at radius 3 is 2.32 bits per heavy atom. The lowest BCUT2D eigenvalue weighted by Crippen LogP contribution is -2.49. The van der Waals surface area contributed by atoms with Gasteiger partial charge in [-0.3, -0.25) is 19.3 Å². The van der Waals surface area contributed by atoms with Crippen LogP contribution in [0.3, 0.4) is 0 Å². The van der Waals surface area contributed by atoms with Gasteiger partial charge in [0.2, 0.25) is 5.91 Å². The van der Waals surface area contributed by atoms with Crippen LogP contribution in [0.5, 0.6) is 0 Å². The number of benzene rings is 2. The van der Waals surface area contributed by atoms with Gasteiger partial charge in [0.05, 0.1) is 5.69 Å². The van der Waals surface area contributed by atoms with Crippen LogP contribution in [0.15, 0.2) is 42.5 Å². The lowest BCUT2D eigenvalue weighted by molar-refractivity contribution is -0.123. The number of carbonyl (C=O) groups is 3. The highest BCUT2D eigenvalue weighted by Gasteiger charge is 2.38. The molecule has 1 heterocycles. The molecule has 0 saturated heterocycles. The van der Waals surface area contributed by atoms with Gasteiger partial charge in [-0.15, -0.1) is 0 Å². The maximum Gasteiger partial charge on any atom is 0.273 e. The normalized spacial score (nSPS) is 14.8. The minimum atomic E-state index is -1.16. The predicted octanol–water partition coefficient (Wildman–Crippen LogP) is 5.85. The minimum Gasteiger partial charge on any atom is -0.395 e. The van der Waals surface area contributed by atoms with Crippen LogP contribution >= 0.6 is 11.5 Å². The second-order valence-corrected chi connectivity index (χ2v) is 12.5. The van der Waals surface area contributed by atoms with E-state index in [2.05, 4.69) is 15.0 Å². The molecule has 3 amide bonds. The number of rotatable bonds is 7. The zero-order chi connectivity index (χ0) is 29.9. The van der Waals surface area contributed by atoms with Crippen molar-refractivity contribution in [3.63, 3.8) is 0 Å². The van der Waals surface area contributed by atoms with Crippen LogP contribution in [0, 0.1) is 19.7 Å². The molecule has 41 heavy (non-hydrogen) atoms. The summed E-state index contributed by atoms with van der Waals surface area (Å²) < 4.78 is 18.2.